The summed E-state index contributed by atoms with van der Waals surface area (Å²) in [5.41, 5.74) is 26.6. The number of carbonyl (C=O) groups is 17. The molecule has 142 heavy (non-hydrogen) atoms. The van der Waals surface area contributed by atoms with Crippen LogP contribution < -0.4 is 86.2 Å². The zero-order valence-corrected chi connectivity index (χ0v) is 82.4. The van der Waals surface area contributed by atoms with Crippen molar-refractivity contribution < 1.29 is 102 Å². The molecule has 9 rings (SSSR count). The summed E-state index contributed by atoms with van der Waals surface area (Å²) in [5, 5.41) is 71.4. The Morgan fingerprint density at radius 1 is 0.563 bits per heavy atom. The number of primary amides is 2. The van der Waals surface area contributed by atoms with Gasteiger partial charge in [-0.3, -0.25) is 86.9 Å². The molecular weight excluding hydrogens is 1860 g/mol. The van der Waals surface area contributed by atoms with Gasteiger partial charge in [0.25, 0.3) is 0 Å². The van der Waals surface area contributed by atoms with Crippen LogP contribution in [0.5, 0.6) is 11.5 Å². The topological polar surface area (TPSA) is 668 Å². The second-order valence-corrected chi connectivity index (χ2v) is 37.4. The summed E-state index contributed by atoms with van der Waals surface area (Å²) in [6, 6.07) is 4.68. The quantitative estimate of drug-likeness (QED) is 0.0145. The Hall–Kier alpha value is -14.0. The second kappa shape index (κ2) is 53.6. The highest BCUT2D eigenvalue weighted by Gasteiger charge is 2.47. The van der Waals surface area contributed by atoms with E-state index in [1.807, 2.05) is 20.8 Å². The number of nitrogens with zero attached hydrogens (tertiary/aromatic N) is 5. The monoisotopic (exact) mass is 1990 g/mol. The highest BCUT2D eigenvalue weighted by atomic mass is 32.2. The normalized spacial score (nSPS) is 24.1. The second-order valence-electron chi connectivity index (χ2n) is 36.4. The number of phenolic OH excluding ortho intramolecular Hbond substituents is 1. The van der Waals surface area contributed by atoms with E-state index in [2.05, 4.69) is 68.5 Å². The van der Waals surface area contributed by atoms with Gasteiger partial charge in [0.2, 0.25) is 100 Å². The molecule has 3 fully saturated rings. The number of rotatable bonds is 29. The molecule has 2 aromatic heterocycles. The molecular formula is C97H137N23O21S. The maximum Gasteiger partial charge on any atom is 0.246 e. The number of thioether (sulfide) groups is 1. The maximum atomic E-state index is 16.3. The predicted octanol–water partition coefficient (Wildman–Crippen LogP) is -1.48. The minimum absolute atomic E-state index is 0.0132. The van der Waals surface area contributed by atoms with Crippen LogP contribution in [0.4, 0.5) is 0 Å². The number of fused-ring (bicyclic) bond motifs is 4. The number of aromatic amines is 2. The smallest absolute Gasteiger partial charge is 0.246 e. The fourth-order valence-corrected chi connectivity index (χ4v) is 18.5. The molecule has 0 radical (unpaired) electrons. The van der Waals surface area contributed by atoms with Crippen molar-refractivity contribution >= 4 is 140 Å². The van der Waals surface area contributed by atoms with Crippen molar-refractivity contribution in [1.82, 2.24) is 93.0 Å². The third-order valence-corrected chi connectivity index (χ3v) is 26.4. The number of guanidine groups is 1. The van der Waals surface area contributed by atoms with Gasteiger partial charge in [0.15, 0.2) is 5.96 Å². The molecule has 6 aromatic rings. The number of nitrogens with one attached hydrogen (secondary N) is 14. The molecule has 0 aliphatic carbocycles. The number of unbranched alkanes of at least 4 members (excludes halogenated alkanes) is 2. The van der Waals surface area contributed by atoms with Crippen molar-refractivity contribution in [3.63, 3.8) is 0 Å². The Morgan fingerprint density at radius 3 is 1.78 bits per heavy atom. The Bertz CT molecular complexity index is 5470. The van der Waals surface area contributed by atoms with Gasteiger partial charge >= 0.3 is 0 Å². The minimum Gasteiger partial charge on any atom is -0.508 e. The number of aliphatic hydroxyl groups excluding tert-OH is 2. The molecule has 45 heteroatoms. The summed E-state index contributed by atoms with van der Waals surface area (Å²) < 4.78 is 5.80. The first-order chi connectivity index (χ1) is 67.7. The van der Waals surface area contributed by atoms with Gasteiger partial charge in [-0.1, -0.05) is 102 Å². The lowest BCUT2D eigenvalue weighted by Crippen LogP contribution is -2.62. The molecule has 5 heterocycles. The van der Waals surface area contributed by atoms with Gasteiger partial charge in [0, 0.05) is 106 Å². The van der Waals surface area contributed by atoms with Gasteiger partial charge in [0.05, 0.1) is 38.0 Å². The van der Waals surface area contributed by atoms with Gasteiger partial charge in [-0.25, -0.2) is 0 Å². The van der Waals surface area contributed by atoms with Gasteiger partial charge < -0.3 is 136 Å². The van der Waals surface area contributed by atoms with Crippen LogP contribution in [0.25, 0.3) is 33.1 Å². The third-order valence-electron chi connectivity index (χ3n) is 25.4. The number of aromatic nitrogens is 2. The van der Waals surface area contributed by atoms with E-state index >= 15 is 38.4 Å². The number of likely N-dealkylation sites (N-methyl/N-ethyl adjacent to an activating group) is 3. The lowest BCUT2D eigenvalue weighted by atomic mass is 9.96. The van der Waals surface area contributed by atoms with Crippen LogP contribution in [0.3, 0.4) is 0 Å². The summed E-state index contributed by atoms with van der Waals surface area (Å²) in [4.78, 5) is 264. The van der Waals surface area contributed by atoms with Crippen molar-refractivity contribution in [1.29, 1.82) is 5.41 Å². The third kappa shape index (κ3) is 30.8. The van der Waals surface area contributed by atoms with Gasteiger partial charge in [0.1, 0.15) is 96.1 Å². The number of hydrogen-bond donors (Lipinski definition) is 21. The standard InChI is InChI=1S/C97H137N23O21S/c1-10-13-26-75-89(133)108-66(25-19-39-103-97(101)102)85(129)115-74(84(128)105-48-80(100)125)51-142-52-81(126)106-70(42-55-29-33-58(122)34-30-55)92(136)116(7)54(6)83(127)111-72(46-79(99)124)94(138)119-40-20-28-76(119)90(134)109-67(37-38-98)86(130)112-69(41-53(4)5)95(139)120-49-59(123)44-78(120)91(135)110-68(43-57-47-104-64-23-17-15-21-61(57)64)87(131)114-73(50-121)88(132)113-71(93(137)118(9)77(27-14-11-2)96(140)117(75)8)45-63-62-22-16-18-24-65(62)107-82(63)56-31-35-60(36-32-56)141-12-3/h15-18,21-24,29-36,47,53-54,59,66-78,104,107,121-123H,10-14,19-20,25-28,37-46,48-52,98H2,1-9H3,(H2,99,124)(H2,100,125)(H,105,128)(H,106,126)(H,108,133)(H,109,134)(H,110,135)(H,111,127)(H,112,130)(H,113,132)(H,114,131)(H,115,129)(H4,101,102,103)/t54-,59+,66?,67-,68-,69-,70-,71-,72-,73-,74-,75-,76?,77-,78?/m0/s1. The van der Waals surface area contributed by atoms with Gasteiger partial charge in [-0.2, -0.15) is 0 Å². The number of phenols is 1. The predicted molar refractivity (Wildman–Crippen MR) is 528 cm³/mol. The lowest BCUT2D eigenvalue weighted by Gasteiger charge is -2.36. The maximum absolute atomic E-state index is 16.3. The van der Waals surface area contributed by atoms with E-state index in [1.54, 1.807) is 92.8 Å². The van der Waals surface area contributed by atoms with Crippen LogP contribution in [0.15, 0.2) is 103 Å². The van der Waals surface area contributed by atoms with E-state index in [4.69, 9.17) is 33.1 Å². The highest BCUT2D eigenvalue weighted by molar-refractivity contribution is 8.00. The number of aromatic hydroxyl groups is 1. The number of benzene rings is 4. The Labute approximate surface area is 827 Å². The average molecular weight is 1990 g/mol. The first kappa shape index (κ1) is 112. The molecule has 0 spiro atoms. The van der Waals surface area contributed by atoms with E-state index in [-0.39, 0.29) is 102 Å². The number of para-hydroxylation sites is 2. The highest BCUT2D eigenvalue weighted by Crippen LogP contribution is 2.34. The number of H-pyrrole nitrogens is 2. The van der Waals surface area contributed by atoms with Crippen LogP contribution in [0, 0.1) is 11.3 Å². The number of carbonyl (C=O) groups excluding carboxylic acids is 17. The van der Waals surface area contributed by atoms with Crippen molar-refractivity contribution in [2.75, 3.05) is 78.6 Å². The SMILES string of the molecule is CCCC[C@H]1C(=O)N(C)[C@@H](CCCC)C(=O)NC(CCCNC(=N)N)C(=O)N[C@H](C(=O)NCC(N)=O)CSCC(=O)N[C@@H](Cc2ccc(O)cc2)C(=O)N(C)[C@@H](C)C(=O)N[C@@H](CC(N)=O)C(=O)N2CCCC2C(=O)N[C@@H](CCN)C(=O)N[C@@H](CC(C)C)C(=O)N2C[C@H](O)CC2C(=O)N[C@@H](Cc2c[nH]c3ccccc23)C(=O)N[C@@H](CO)C(=O)N[C@@H](Cc2c(-c3ccc(OCC)cc3)[nH]c3ccccc23)C(=O)N1C. The first-order valence-electron chi connectivity index (χ1n) is 48.0. The van der Waals surface area contributed by atoms with E-state index in [0.29, 0.717) is 87.8 Å². The van der Waals surface area contributed by atoms with E-state index in [9.17, 15) is 58.5 Å². The van der Waals surface area contributed by atoms with Crippen LogP contribution in [0.2, 0.25) is 0 Å². The number of aliphatic hydroxyl groups is 2. The van der Waals surface area contributed by atoms with E-state index in [1.165, 1.54) is 52.3 Å². The molecule has 3 unspecified atom stereocenters. The molecule has 25 N–H and O–H groups in total. The summed E-state index contributed by atoms with van der Waals surface area (Å²) in [6.07, 6.45) is -0.868. The van der Waals surface area contributed by atoms with Crippen LogP contribution in [-0.4, -0.2) is 325 Å². The van der Waals surface area contributed by atoms with Crippen molar-refractivity contribution in [2.24, 2.45) is 28.9 Å². The van der Waals surface area contributed by atoms with Gasteiger partial charge in [-0.05, 0) is 148 Å². The van der Waals surface area contributed by atoms with E-state index < -0.39 is 241 Å². The summed E-state index contributed by atoms with van der Waals surface area (Å²) >= 11 is 0.758. The average Bonchev–Trinajstić information content (AvgIpc) is 1.49. The van der Waals surface area contributed by atoms with Crippen LogP contribution in [0.1, 0.15) is 148 Å². The first-order valence-corrected chi connectivity index (χ1v) is 49.1. The molecule has 15 atom stereocenters. The van der Waals surface area contributed by atoms with Crippen LogP contribution >= 0.6 is 11.8 Å². The molecule has 4 aromatic carbocycles. The molecule has 3 aliphatic heterocycles. The number of hydrogen-bond acceptors (Lipinski definition) is 24. The fourth-order valence-electron chi connectivity index (χ4n) is 17.6. The lowest BCUT2D eigenvalue weighted by molar-refractivity contribution is -0.149. The number of nitrogens with two attached hydrogens (primary N) is 4. The zero-order chi connectivity index (χ0) is 104. The van der Waals surface area contributed by atoms with Crippen molar-refractivity contribution in [2.45, 2.75) is 241 Å². The van der Waals surface area contributed by atoms with Crippen molar-refractivity contribution in [3.05, 3.63) is 120 Å². The summed E-state index contributed by atoms with van der Waals surface area (Å²) in [7, 11) is 3.91. The molecule has 3 saturated heterocycles. The Balaban J connectivity index is 1.13. The largest absolute Gasteiger partial charge is 0.508 e. The minimum atomic E-state index is -1.94. The zero-order valence-electron chi connectivity index (χ0n) is 81.6. The van der Waals surface area contributed by atoms with Gasteiger partial charge in [-0.15, -0.1) is 11.8 Å². The molecule has 44 nitrogen and oxygen atoms in total. The number of ether oxygens (including phenoxy) is 1. The van der Waals surface area contributed by atoms with Crippen molar-refractivity contribution in [3.8, 4) is 22.8 Å². The molecule has 0 saturated carbocycles. The molecule has 3 aliphatic rings. The van der Waals surface area contributed by atoms with Crippen LogP contribution in [-0.2, 0) is 101 Å². The Morgan fingerprint density at radius 2 is 1.13 bits per heavy atom. The summed E-state index contributed by atoms with van der Waals surface area (Å²) in [6.45, 7) is 7.91. The van der Waals surface area contributed by atoms with E-state index in [0.717, 1.165) is 36.3 Å². The molecule has 17 amide bonds. The molecule has 772 valence electrons. The Kier molecular flexibility index (Phi) is 42.2. The fraction of sp³-hybridized carbons (Fsp3) is 0.526. The molecule has 0 bridgehead atoms. The number of amides is 17. The summed E-state index contributed by atoms with van der Waals surface area (Å²) in [5.74, 6) is -17.7.